The first-order chi connectivity index (χ1) is 16.2. The van der Waals surface area contributed by atoms with Gasteiger partial charge in [-0.25, -0.2) is 9.59 Å². The van der Waals surface area contributed by atoms with E-state index in [0.717, 1.165) is 5.56 Å². The minimum Gasteiger partial charge on any atom is -0.444 e. The Morgan fingerprint density at radius 2 is 1.32 bits per heavy atom. The fraction of sp³-hybridized carbons (Fsp3) is 0.192. The van der Waals surface area contributed by atoms with Crippen molar-refractivity contribution < 1.29 is 23.9 Å². The normalized spacial score (nSPS) is 10.7. The van der Waals surface area contributed by atoms with E-state index in [0.29, 0.717) is 22.6 Å². The van der Waals surface area contributed by atoms with Gasteiger partial charge in [0.25, 0.3) is 5.91 Å². The van der Waals surface area contributed by atoms with Crippen LogP contribution in [0.4, 0.5) is 26.7 Å². The number of nitrogens with one attached hydrogen (secondary N) is 3. The fourth-order valence-electron chi connectivity index (χ4n) is 2.88. The highest BCUT2D eigenvalue weighted by Gasteiger charge is 2.16. The van der Waals surface area contributed by atoms with E-state index in [1.807, 2.05) is 30.3 Å². The van der Waals surface area contributed by atoms with Gasteiger partial charge in [-0.15, -0.1) is 0 Å². The molecule has 3 amide bonds. The average molecular weight is 462 g/mol. The van der Waals surface area contributed by atoms with Crippen molar-refractivity contribution in [2.75, 3.05) is 16.0 Å². The van der Waals surface area contributed by atoms with E-state index in [-0.39, 0.29) is 12.5 Å². The summed E-state index contributed by atoms with van der Waals surface area (Å²) in [7, 11) is 0. The summed E-state index contributed by atoms with van der Waals surface area (Å²) in [6, 6.07) is 22.5. The van der Waals surface area contributed by atoms with E-state index in [2.05, 4.69) is 16.0 Å². The molecule has 0 fully saturated rings. The van der Waals surface area contributed by atoms with Gasteiger partial charge in [0, 0.05) is 22.6 Å². The molecule has 3 rings (SSSR count). The summed E-state index contributed by atoms with van der Waals surface area (Å²) in [5.41, 5.74) is 2.16. The zero-order chi connectivity index (χ0) is 24.6. The molecule has 0 aliphatic heterocycles. The monoisotopic (exact) mass is 461 g/mol. The summed E-state index contributed by atoms with van der Waals surface area (Å²) < 4.78 is 10.4. The Hall–Kier alpha value is -4.33. The number of anilines is 3. The topological polar surface area (TPSA) is 106 Å². The number of carbonyl (C=O) groups is 3. The van der Waals surface area contributed by atoms with Crippen LogP contribution in [0.1, 0.15) is 36.7 Å². The molecule has 0 atom stereocenters. The Labute approximate surface area is 198 Å². The molecule has 0 radical (unpaired) electrons. The minimum atomic E-state index is -0.605. The van der Waals surface area contributed by atoms with Crippen molar-refractivity contribution >= 4 is 35.2 Å². The predicted octanol–water partition coefficient (Wildman–Crippen LogP) is 6.03. The Balaban J connectivity index is 1.53. The van der Waals surface area contributed by atoms with Gasteiger partial charge in [-0.3, -0.25) is 15.4 Å². The number of ether oxygens (including phenoxy) is 2. The van der Waals surface area contributed by atoms with E-state index in [1.54, 1.807) is 69.3 Å². The van der Waals surface area contributed by atoms with Crippen molar-refractivity contribution in [1.82, 2.24) is 0 Å². The maximum Gasteiger partial charge on any atom is 0.412 e. The number of carbonyl (C=O) groups excluding carboxylic acids is 3. The maximum absolute atomic E-state index is 12.6. The standard InChI is InChI=1S/C26H27N3O5/c1-26(2,3)34-25(32)28-20-14-12-19(13-15-20)23(30)27-21-10-7-11-22(16-21)29-24(31)33-17-18-8-5-4-6-9-18/h4-16H,17H2,1-3H3,(H,27,30)(H,28,32)(H,29,31). The first-order valence-electron chi connectivity index (χ1n) is 10.7. The molecule has 34 heavy (non-hydrogen) atoms. The average Bonchev–Trinajstić information content (AvgIpc) is 2.78. The van der Waals surface area contributed by atoms with Gasteiger partial charge in [-0.05, 0) is 68.8 Å². The molecular formula is C26H27N3O5. The molecule has 0 bridgehead atoms. The quantitative estimate of drug-likeness (QED) is 0.415. The van der Waals surface area contributed by atoms with Gasteiger partial charge >= 0.3 is 12.2 Å². The second-order valence-corrected chi connectivity index (χ2v) is 8.43. The molecule has 0 aromatic heterocycles. The number of hydrogen-bond acceptors (Lipinski definition) is 5. The molecule has 3 N–H and O–H groups in total. The minimum absolute atomic E-state index is 0.155. The Morgan fingerprint density at radius 3 is 1.97 bits per heavy atom. The third-order valence-corrected chi connectivity index (χ3v) is 4.37. The lowest BCUT2D eigenvalue weighted by Gasteiger charge is -2.19. The first kappa shape index (κ1) is 24.3. The van der Waals surface area contributed by atoms with Crippen LogP contribution in [0.2, 0.25) is 0 Å². The van der Waals surface area contributed by atoms with E-state index in [9.17, 15) is 14.4 Å². The number of benzene rings is 3. The smallest absolute Gasteiger partial charge is 0.412 e. The van der Waals surface area contributed by atoms with E-state index in [4.69, 9.17) is 9.47 Å². The highest BCUT2D eigenvalue weighted by Crippen LogP contribution is 2.18. The van der Waals surface area contributed by atoms with Crippen molar-refractivity contribution in [2.24, 2.45) is 0 Å². The highest BCUT2D eigenvalue weighted by atomic mass is 16.6. The lowest BCUT2D eigenvalue weighted by Crippen LogP contribution is -2.27. The van der Waals surface area contributed by atoms with Crippen LogP contribution in [-0.2, 0) is 16.1 Å². The molecule has 0 aliphatic rings. The van der Waals surface area contributed by atoms with Crippen LogP contribution in [0, 0.1) is 0 Å². The van der Waals surface area contributed by atoms with Gasteiger partial charge in [0.05, 0.1) is 0 Å². The second kappa shape index (κ2) is 11.0. The summed E-state index contributed by atoms with van der Waals surface area (Å²) in [6.07, 6.45) is -1.17. The van der Waals surface area contributed by atoms with Crippen LogP contribution in [0.5, 0.6) is 0 Å². The van der Waals surface area contributed by atoms with E-state index >= 15 is 0 Å². The van der Waals surface area contributed by atoms with Crippen LogP contribution in [0.25, 0.3) is 0 Å². The number of amides is 3. The van der Waals surface area contributed by atoms with E-state index in [1.165, 1.54) is 0 Å². The van der Waals surface area contributed by atoms with Crippen LogP contribution in [0.15, 0.2) is 78.9 Å². The molecule has 0 saturated carbocycles. The van der Waals surface area contributed by atoms with Crippen LogP contribution in [0.3, 0.4) is 0 Å². The van der Waals surface area contributed by atoms with Crippen LogP contribution >= 0.6 is 0 Å². The first-order valence-corrected chi connectivity index (χ1v) is 10.7. The van der Waals surface area contributed by atoms with Gasteiger partial charge in [0.15, 0.2) is 0 Å². The number of rotatable bonds is 6. The molecular weight excluding hydrogens is 434 g/mol. The summed E-state index contributed by atoms with van der Waals surface area (Å²) in [4.78, 5) is 36.5. The number of hydrogen-bond donors (Lipinski definition) is 3. The van der Waals surface area contributed by atoms with Crippen molar-refractivity contribution in [3.05, 3.63) is 90.0 Å². The van der Waals surface area contributed by atoms with Crippen molar-refractivity contribution in [1.29, 1.82) is 0 Å². The zero-order valence-corrected chi connectivity index (χ0v) is 19.3. The van der Waals surface area contributed by atoms with Gasteiger partial charge in [0.2, 0.25) is 0 Å². The summed E-state index contributed by atoms with van der Waals surface area (Å²) in [6.45, 7) is 5.48. The SMILES string of the molecule is CC(C)(C)OC(=O)Nc1ccc(C(=O)Nc2cccc(NC(=O)OCc3ccccc3)c2)cc1. The molecule has 0 spiro atoms. The van der Waals surface area contributed by atoms with Gasteiger partial charge in [0.1, 0.15) is 12.2 Å². The van der Waals surface area contributed by atoms with Crippen LogP contribution < -0.4 is 16.0 Å². The Bertz CT molecular complexity index is 1140. The largest absolute Gasteiger partial charge is 0.444 e. The predicted molar refractivity (Wildman–Crippen MR) is 131 cm³/mol. The van der Waals surface area contributed by atoms with Crippen molar-refractivity contribution in [2.45, 2.75) is 33.0 Å². The van der Waals surface area contributed by atoms with Gasteiger partial charge < -0.3 is 14.8 Å². The molecule has 0 aliphatic carbocycles. The third kappa shape index (κ3) is 7.98. The van der Waals surface area contributed by atoms with E-state index < -0.39 is 17.8 Å². The van der Waals surface area contributed by atoms with Crippen molar-refractivity contribution in [3.63, 3.8) is 0 Å². The summed E-state index contributed by atoms with van der Waals surface area (Å²) >= 11 is 0. The summed E-state index contributed by atoms with van der Waals surface area (Å²) in [5.74, 6) is -0.340. The maximum atomic E-state index is 12.6. The Kier molecular flexibility index (Phi) is 7.87. The molecule has 8 nitrogen and oxygen atoms in total. The molecule has 176 valence electrons. The molecule has 0 heterocycles. The summed E-state index contributed by atoms with van der Waals surface area (Å²) in [5, 5.41) is 8.04. The lowest BCUT2D eigenvalue weighted by atomic mass is 10.2. The fourth-order valence-corrected chi connectivity index (χ4v) is 2.88. The molecule has 8 heteroatoms. The second-order valence-electron chi connectivity index (χ2n) is 8.43. The zero-order valence-electron chi connectivity index (χ0n) is 19.3. The van der Waals surface area contributed by atoms with Gasteiger partial charge in [-0.1, -0.05) is 36.4 Å². The Morgan fingerprint density at radius 1 is 0.706 bits per heavy atom. The van der Waals surface area contributed by atoms with Gasteiger partial charge in [-0.2, -0.15) is 0 Å². The molecule has 0 unspecified atom stereocenters. The van der Waals surface area contributed by atoms with Crippen LogP contribution in [-0.4, -0.2) is 23.7 Å². The molecule has 3 aromatic carbocycles. The highest BCUT2D eigenvalue weighted by molar-refractivity contribution is 6.05. The third-order valence-electron chi connectivity index (χ3n) is 4.37. The lowest BCUT2D eigenvalue weighted by molar-refractivity contribution is 0.0635. The molecule has 0 saturated heterocycles. The molecule has 3 aromatic rings. The van der Waals surface area contributed by atoms with Crippen molar-refractivity contribution in [3.8, 4) is 0 Å².